The number of guanidine groups is 1. The lowest BCUT2D eigenvalue weighted by molar-refractivity contribution is 0.134. The van der Waals surface area contributed by atoms with Gasteiger partial charge in [0, 0.05) is 51.0 Å². The van der Waals surface area contributed by atoms with Crippen molar-refractivity contribution in [2.24, 2.45) is 4.99 Å². The average Bonchev–Trinajstić information content (AvgIpc) is 3.04. The molecule has 0 aliphatic carbocycles. The zero-order chi connectivity index (χ0) is 20.6. The molecule has 6 nitrogen and oxygen atoms in total. The molecule has 1 aromatic carbocycles. The van der Waals surface area contributed by atoms with Gasteiger partial charge in [0.15, 0.2) is 5.96 Å². The lowest BCUT2D eigenvalue weighted by Gasteiger charge is -2.38. The lowest BCUT2D eigenvalue weighted by atomic mass is 9.97. The molecule has 158 valence electrons. The molecule has 0 bridgehead atoms. The third kappa shape index (κ3) is 6.32. The Morgan fingerprint density at radius 2 is 2.03 bits per heavy atom. The molecular weight excluding hydrogens is 360 g/mol. The van der Waals surface area contributed by atoms with Gasteiger partial charge in [-0.25, -0.2) is 0 Å². The molecule has 2 unspecified atom stereocenters. The number of aliphatic imine (C=N–C) groups is 1. The van der Waals surface area contributed by atoms with Crippen molar-refractivity contribution in [3.8, 4) is 0 Å². The first-order valence-electron chi connectivity index (χ1n) is 10.8. The summed E-state index contributed by atoms with van der Waals surface area (Å²) in [6.45, 7) is 10.5. The average molecular weight is 397 g/mol. The van der Waals surface area contributed by atoms with E-state index in [1.807, 2.05) is 14.0 Å². The standard InChI is InChI=1S/C23H36N6/c1-18-15-20(3)29(27-18)13-8-12-25-23(24-4)26-22-11-14-28(19(2)16-22)17-21-9-6-5-7-10-21/h5-7,9-10,15,19,22H,8,11-14,16-17H2,1-4H3,(H2,24,25,26). The number of aryl methyl sites for hydroxylation is 3. The minimum atomic E-state index is 0.472. The molecule has 0 spiro atoms. The van der Waals surface area contributed by atoms with Crippen molar-refractivity contribution in [1.82, 2.24) is 25.3 Å². The Bertz CT molecular complexity index is 782. The number of piperidine rings is 1. The zero-order valence-corrected chi connectivity index (χ0v) is 18.4. The van der Waals surface area contributed by atoms with Gasteiger partial charge in [0.25, 0.3) is 0 Å². The van der Waals surface area contributed by atoms with E-state index in [0.29, 0.717) is 12.1 Å². The first-order chi connectivity index (χ1) is 14.0. The summed E-state index contributed by atoms with van der Waals surface area (Å²) in [7, 11) is 1.85. The van der Waals surface area contributed by atoms with Crippen molar-refractivity contribution < 1.29 is 0 Å². The van der Waals surface area contributed by atoms with Crippen LogP contribution < -0.4 is 10.6 Å². The highest BCUT2D eigenvalue weighted by Gasteiger charge is 2.25. The van der Waals surface area contributed by atoms with Gasteiger partial charge in [0.2, 0.25) is 0 Å². The van der Waals surface area contributed by atoms with E-state index < -0.39 is 0 Å². The van der Waals surface area contributed by atoms with Crippen molar-refractivity contribution in [2.45, 2.75) is 65.2 Å². The second kappa shape index (κ2) is 10.4. The van der Waals surface area contributed by atoms with Crippen molar-refractivity contribution >= 4 is 5.96 Å². The molecule has 1 aliphatic rings. The SMILES string of the molecule is CN=C(NCCCn1nc(C)cc1C)NC1CCN(Cc2ccccc2)C(C)C1. The molecule has 2 N–H and O–H groups in total. The Morgan fingerprint density at radius 1 is 1.24 bits per heavy atom. The van der Waals surface area contributed by atoms with Gasteiger partial charge in [-0.3, -0.25) is 14.6 Å². The zero-order valence-electron chi connectivity index (χ0n) is 18.4. The lowest BCUT2D eigenvalue weighted by Crippen LogP contribution is -2.51. The molecule has 0 radical (unpaired) electrons. The van der Waals surface area contributed by atoms with Gasteiger partial charge in [-0.15, -0.1) is 0 Å². The Morgan fingerprint density at radius 3 is 2.69 bits per heavy atom. The molecule has 1 aromatic heterocycles. The van der Waals surface area contributed by atoms with Crippen LogP contribution in [0.25, 0.3) is 0 Å². The number of likely N-dealkylation sites (tertiary alicyclic amines) is 1. The largest absolute Gasteiger partial charge is 0.356 e. The summed E-state index contributed by atoms with van der Waals surface area (Å²) in [5, 5.41) is 11.6. The fraction of sp³-hybridized carbons (Fsp3) is 0.565. The van der Waals surface area contributed by atoms with Gasteiger partial charge in [0.05, 0.1) is 5.69 Å². The predicted molar refractivity (Wildman–Crippen MR) is 120 cm³/mol. The van der Waals surface area contributed by atoms with Crippen molar-refractivity contribution in [3.63, 3.8) is 0 Å². The maximum absolute atomic E-state index is 4.52. The number of nitrogens with zero attached hydrogens (tertiary/aromatic N) is 4. The van der Waals surface area contributed by atoms with E-state index in [1.54, 1.807) is 0 Å². The summed E-state index contributed by atoms with van der Waals surface area (Å²) < 4.78 is 2.08. The Labute approximate surface area is 175 Å². The van der Waals surface area contributed by atoms with Gasteiger partial charge in [0.1, 0.15) is 0 Å². The first kappa shape index (κ1) is 21.4. The highest BCUT2D eigenvalue weighted by Crippen LogP contribution is 2.19. The summed E-state index contributed by atoms with van der Waals surface area (Å²) in [6.07, 6.45) is 3.30. The molecule has 2 aromatic rings. The number of rotatable bonds is 7. The molecule has 1 saturated heterocycles. The Kier molecular flexibility index (Phi) is 7.69. The van der Waals surface area contributed by atoms with Gasteiger partial charge >= 0.3 is 0 Å². The first-order valence-corrected chi connectivity index (χ1v) is 10.8. The van der Waals surface area contributed by atoms with Crippen LogP contribution in [0.4, 0.5) is 0 Å². The maximum Gasteiger partial charge on any atom is 0.191 e. The van der Waals surface area contributed by atoms with Crippen molar-refractivity contribution in [1.29, 1.82) is 0 Å². The quantitative estimate of drug-likeness (QED) is 0.429. The molecule has 2 heterocycles. The molecule has 29 heavy (non-hydrogen) atoms. The minimum Gasteiger partial charge on any atom is -0.356 e. The normalized spacial score (nSPS) is 20.6. The van der Waals surface area contributed by atoms with E-state index in [2.05, 4.69) is 80.6 Å². The van der Waals surface area contributed by atoms with E-state index in [4.69, 9.17) is 0 Å². The Balaban J connectivity index is 1.39. The van der Waals surface area contributed by atoms with Gasteiger partial charge in [-0.2, -0.15) is 5.10 Å². The van der Waals surface area contributed by atoms with Crippen LogP contribution in [0.2, 0.25) is 0 Å². The van der Waals surface area contributed by atoms with Gasteiger partial charge < -0.3 is 10.6 Å². The predicted octanol–water partition coefficient (Wildman–Crippen LogP) is 3.11. The third-order valence-corrected chi connectivity index (χ3v) is 5.75. The van der Waals surface area contributed by atoms with Crippen LogP contribution in [0.1, 0.15) is 43.1 Å². The number of hydrogen-bond donors (Lipinski definition) is 2. The smallest absolute Gasteiger partial charge is 0.191 e. The monoisotopic (exact) mass is 396 g/mol. The van der Waals surface area contributed by atoms with Crippen LogP contribution in [0, 0.1) is 13.8 Å². The summed E-state index contributed by atoms with van der Waals surface area (Å²) >= 11 is 0. The van der Waals surface area contributed by atoms with Crippen LogP contribution >= 0.6 is 0 Å². The third-order valence-electron chi connectivity index (χ3n) is 5.75. The fourth-order valence-corrected chi connectivity index (χ4v) is 4.13. The maximum atomic E-state index is 4.52. The Hall–Kier alpha value is -2.34. The molecule has 0 saturated carbocycles. The van der Waals surface area contributed by atoms with E-state index in [0.717, 1.165) is 57.1 Å². The molecule has 0 amide bonds. The molecular formula is C23H36N6. The molecule has 1 fully saturated rings. The molecule has 2 atom stereocenters. The second-order valence-electron chi connectivity index (χ2n) is 8.17. The van der Waals surface area contributed by atoms with Crippen LogP contribution in [-0.2, 0) is 13.1 Å². The highest BCUT2D eigenvalue weighted by atomic mass is 15.3. The van der Waals surface area contributed by atoms with E-state index in [-0.39, 0.29) is 0 Å². The van der Waals surface area contributed by atoms with E-state index in [1.165, 1.54) is 11.3 Å². The van der Waals surface area contributed by atoms with Crippen LogP contribution in [0.5, 0.6) is 0 Å². The number of aromatic nitrogens is 2. The van der Waals surface area contributed by atoms with Crippen LogP contribution in [-0.4, -0.2) is 52.9 Å². The van der Waals surface area contributed by atoms with E-state index >= 15 is 0 Å². The highest BCUT2D eigenvalue weighted by molar-refractivity contribution is 5.79. The summed E-state index contributed by atoms with van der Waals surface area (Å²) in [4.78, 5) is 7.00. The van der Waals surface area contributed by atoms with Crippen molar-refractivity contribution in [3.05, 3.63) is 53.3 Å². The second-order valence-corrected chi connectivity index (χ2v) is 8.17. The summed E-state index contributed by atoms with van der Waals surface area (Å²) in [5.41, 5.74) is 3.70. The van der Waals surface area contributed by atoms with Gasteiger partial charge in [-0.05, 0) is 51.7 Å². The van der Waals surface area contributed by atoms with Crippen LogP contribution in [0.15, 0.2) is 41.4 Å². The fourth-order valence-electron chi connectivity index (χ4n) is 4.13. The van der Waals surface area contributed by atoms with Crippen molar-refractivity contribution in [2.75, 3.05) is 20.1 Å². The molecule has 3 rings (SSSR count). The number of nitrogens with one attached hydrogen (secondary N) is 2. The minimum absolute atomic E-state index is 0.472. The van der Waals surface area contributed by atoms with E-state index in [9.17, 15) is 0 Å². The molecule has 1 aliphatic heterocycles. The number of benzene rings is 1. The topological polar surface area (TPSA) is 57.5 Å². The number of hydrogen-bond acceptors (Lipinski definition) is 3. The summed E-state index contributed by atoms with van der Waals surface area (Å²) in [5.74, 6) is 0.909. The van der Waals surface area contributed by atoms with Gasteiger partial charge in [-0.1, -0.05) is 30.3 Å². The van der Waals surface area contributed by atoms with Crippen LogP contribution in [0.3, 0.4) is 0 Å². The molecule has 6 heteroatoms. The summed E-state index contributed by atoms with van der Waals surface area (Å²) in [6, 6.07) is 13.9.